The van der Waals surface area contributed by atoms with Gasteiger partial charge in [0.2, 0.25) is 5.91 Å². The van der Waals surface area contributed by atoms with Crippen LogP contribution in [0.5, 0.6) is 5.75 Å². The van der Waals surface area contributed by atoms with Gasteiger partial charge in [-0.05, 0) is 35.7 Å². The van der Waals surface area contributed by atoms with E-state index in [1.807, 2.05) is 0 Å². The van der Waals surface area contributed by atoms with Crippen molar-refractivity contribution in [3.8, 4) is 16.9 Å². The lowest BCUT2D eigenvalue weighted by molar-refractivity contribution is -0.274. The van der Waals surface area contributed by atoms with Crippen LogP contribution in [0.1, 0.15) is 22.5 Å². The molecule has 2 fully saturated rings. The molecule has 0 atom stereocenters. The summed E-state index contributed by atoms with van der Waals surface area (Å²) in [5, 5.41) is 4.00. The van der Waals surface area contributed by atoms with E-state index in [1.165, 1.54) is 29.5 Å². The molecule has 2 saturated heterocycles. The van der Waals surface area contributed by atoms with Crippen molar-refractivity contribution < 1.29 is 27.5 Å². The Morgan fingerprint density at radius 2 is 1.91 bits per heavy atom. The van der Waals surface area contributed by atoms with E-state index < -0.39 is 6.36 Å². The van der Waals surface area contributed by atoms with Crippen LogP contribution in [-0.4, -0.2) is 41.7 Å². The molecule has 5 rings (SSSR count). The number of hydrogen-bond acceptors (Lipinski definition) is 4. The number of thiophene rings is 1. The number of amides is 2. The summed E-state index contributed by atoms with van der Waals surface area (Å²) in [7, 11) is 0. The third-order valence-corrected chi connectivity index (χ3v) is 7.38. The number of fused-ring (bicyclic) bond motifs is 1. The number of likely N-dealkylation sites (tertiary alicyclic amines) is 1. The van der Waals surface area contributed by atoms with Crippen LogP contribution in [0, 0.1) is 0 Å². The number of carbonyl (C=O) groups excluding carboxylic acids is 2. The zero-order chi connectivity index (χ0) is 22.7. The second-order valence-corrected chi connectivity index (χ2v) is 9.45. The molecule has 0 aliphatic carbocycles. The Balaban J connectivity index is 1.40. The van der Waals surface area contributed by atoms with Crippen LogP contribution in [0.2, 0.25) is 5.02 Å². The number of halogens is 4. The second-order valence-electron chi connectivity index (χ2n) is 8.02. The first-order chi connectivity index (χ1) is 15.1. The number of hydrogen-bond donors (Lipinski definition) is 1. The minimum Gasteiger partial charge on any atom is -0.406 e. The van der Waals surface area contributed by atoms with Crippen molar-refractivity contribution in [1.29, 1.82) is 0 Å². The fourth-order valence-electron chi connectivity index (χ4n) is 4.24. The summed E-state index contributed by atoms with van der Waals surface area (Å²) in [5.74, 6) is -0.486. The third kappa shape index (κ3) is 3.80. The summed E-state index contributed by atoms with van der Waals surface area (Å²) in [6.07, 6.45) is -3.57. The molecule has 32 heavy (non-hydrogen) atoms. The van der Waals surface area contributed by atoms with Gasteiger partial charge in [-0.1, -0.05) is 35.9 Å². The summed E-state index contributed by atoms with van der Waals surface area (Å²) < 4.78 is 42.3. The summed E-state index contributed by atoms with van der Waals surface area (Å²) in [4.78, 5) is 26.6. The molecule has 10 heteroatoms. The van der Waals surface area contributed by atoms with Crippen LogP contribution in [0.15, 0.2) is 42.5 Å². The van der Waals surface area contributed by atoms with Gasteiger partial charge in [0.05, 0.1) is 10.6 Å². The monoisotopic (exact) mass is 480 g/mol. The van der Waals surface area contributed by atoms with Gasteiger partial charge in [-0.15, -0.1) is 24.5 Å². The number of benzene rings is 2. The summed E-state index contributed by atoms with van der Waals surface area (Å²) >= 11 is 7.74. The van der Waals surface area contributed by atoms with Gasteiger partial charge < -0.3 is 15.0 Å². The molecule has 3 heterocycles. The quantitative estimate of drug-likeness (QED) is 0.559. The Morgan fingerprint density at radius 1 is 1.16 bits per heavy atom. The lowest BCUT2D eigenvalue weighted by atomic mass is 9.88. The van der Waals surface area contributed by atoms with Crippen molar-refractivity contribution >= 4 is 44.8 Å². The molecule has 166 valence electrons. The van der Waals surface area contributed by atoms with Crippen molar-refractivity contribution in [3.63, 3.8) is 0 Å². The second kappa shape index (κ2) is 7.38. The van der Waals surface area contributed by atoms with Crippen LogP contribution in [0.4, 0.5) is 13.2 Å². The maximum Gasteiger partial charge on any atom is 0.573 e. The predicted molar refractivity (Wildman–Crippen MR) is 115 cm³/mol. The number of alkyl halides is 3. The van der Waals surface area contributed by atoms with Gasteiger partial charge in [-0.25, -0.2) is 0 Å². The van der Waals surface area contributed by atoms with E-state index in [2.05, 4.69) is 10.1 Å². The molecule has 0 saturated carbocycles. The molecule has 0 unspecified atom stereocenters. The molecular weight excluding hydrogens is 465 g/mol. The van der Waals surface area contributed by atoms with Gasteiger partial charge in [0.25, 0.3) is 5.91 Å². The largest absolute Gasteiger partial charge is 0.573 e. The first-order valence-electron chi connectivity index (χ1n) is 9.81. The Morgan fingerprint density at radius 3 is 2.59 bits per heavy atom. The molecule has 1 spiro atoms. The van der Waals surface area contributed by atoms with E-state index in [0.717, 1.165) is 11.1 Å². The van der Waals surface area contributed by atoms with Crippen LogP contribution in [-0.2, 0) is 4.79 Å². The van der Waals surface area contributed by atoms with Crippen LogP contribution in [0.25, 0.3) is 21.2 Å². The molecule has 0 radical (unpaired) electrons. The van der Waals surface area contributed by atoms with E-state index in [-0.39, 0.29) is 23.1 Å². The fraction of sp³-hybridized carbons (Fsp3) is 0.273. The molecular formula is C22H16ClF3N2O3S. The van der Waals surface area contributed by atoms with Gasteiger partial charge in [0.1, 0.15) is 10.6 Å². The number of nitrogens with one attached hydrogen (secondary N) is 1. The minimum atomic E-state index is -4.77. The number of ether oxygens (including phenoxy) is 1. The zero-order valence-corrected chi connectivity index (χ0v) is 18.0. The average molecular weight is 481 g/mol. The minimum absolute atomic E-state index is 0.00854. The van der Waals surface area contributed by atoms with Gasteiger partial charge in [0.15, 0.2) is 0 Å². The zero-order valence-electron chi connectivity index (χ0n) is 16.5. The topological polar surface area (TPSA) is 58.6 Å². The summed E-state index contributed by atoms with van der Waals surface area (Å²) in [6, 6.07) is 11.0. The maximum atomic E-state index is 13.0. The number of carbonyl (C=O) groups is 2. The highest BCUT2D eigenvalue weighted by atomic mass is 35.5. The smallest absolute Gasteiger partial charge is 0.406 e. The normalized spacial score (nSPS) is 17.5. The van der Waals surface area contributed by atoms with Crippen LogP contribution < -0.4 is 10.1 Å². The van der Waals surface area contributed by atoms with Crippen molar-refractivity contribution in [3.05, 3.63) is 52.4 Å². The maximum absolute atomic E-state index is 13.0. The molecule has 1 N–H and O–H groups in total. The van der Waals surface area contributed by atoms with Crippen molar-refractivity contribution in [1.82, 2.24) is 10.2 Å². The van der Waals surface area contributed by atoms with E-state index in [1.54, 1.807) is 29.2 Å². The molecule has 3 aromatic rings. The molecule has 0 bridgehead atoms. The van der Waals surface area contributed by atoms with Crippen molar-refractivity contribution in [2.75, 3.05) is 13.1 Å². The molecule has 2 aliphatic heterocycles. The van der Waals surface area contributed by atoms with Crippen LogP contribution >= 0.6 is 22.9 Å². The van der Waals surface area contributed by atoms with E-state index >= 15 is 0 Å². The first kappa shape index (κ1) is 21.1. The Labute approximate surface area is 189 Å². The highest BCUT2D eigenvalue weighted by molar-refractivity contribution is 7.21. The van der Waals surface area contributed by atoms with Gasteiger partial charge >= 0.3 is 6.36 Å². The molecule has 2 aromatic carbocycles. The Bertz CT molecular complexity index is 1250. The van der Waals surface area contributed by atoms with E-state index in [4.69, 9.17) is 11.6 Å². The Hall–Kier alpha value is -2.78. The SMILES string of the molecule is O=C1CCC2(CN(C(=O)c3sc4cc(-c5cccc(OC(F)(F)F)c5)ccc4c3Cl)C2)N1. The third-order valence-electron chi connectivity index (χ3n) is 5.73. The fourth-order valence-corrected chi connectivity index (χ4v) is 5.76. The van der Waals surface area contributed by atoms with Crippen LogP contribution in [0.3, 0.4) is 0 Å². The summed E-state index contributed by atoms with van der Waals surface area (Å²) in [5.41, 5.74) is 0.915. The first-order valence-corrected chi connectivity index (χ1v) is 11.0. The lowest BCUT2D eigenvalue weighted by Gasteiger charge is -2.47. The van der Waals surface area contributed by atoms with Crippen molar-refractivity contribution in [2.45, 2.75) is 24.7 Å². The van der Waals surface area contributed by atoms with Gasteiger partial charge in [0, 0.05) is 29.6 Å². The predicted octanol–water partition coefficient (Wildman–Crippen LogP) is 5.22. The highest BCUT2D eigenvalue weighted by Gasteiger charge is 2.49. The molecule has 1 aromatic heterocycles. The standard InChI is InChI=1S/C22H16ClF3N2O3S/c23-18-15-5-4-13(12-2-1-3-14(8-12)31-22(24,25)26)9-16(15)32-19(18)20(30)28-10-21(11-28)7-6-17(29)27-21/h1-5,8-9H,6-7,10-11H2,(H,27,29). The highest BCUT2D eigenvalue weighted by Crippen LogP contribution is 2.40. The van der Waals surface area contributed by atoms with Gasteiger partial charge in [-0.2, -0.15) is 0 Å². The van der Waals surface area contributed by atoms with Crippen molar-refractivity contribution in [2.24, 2.45) is 0 Å². The average Bonchev–Trinajstić information content (AvgIpc) is 3.25. The molecule has 2 aliphatic rings. The lowest BCUT2D eigenvalue weighted by Crippen LogP contribution is -2.68. The summed E-state index contributed by atoms with van der Waals surface area (Å²) in [6.45, 7) is 0.915. The van der Waals surface area contributed by atoms with E-state index in [9.17, 15) is 22.8 Å². The van der Waals surface area contributed by atoms with Gasteiger partial charge in [-0.3, -0.25) is 9.59 Å². The number of rotatable bonds is 3. The van der Waals surface area contributed by atoms with E-state index in [0.29, 0.717) is 45.9 Å². The molecule has 5 nitrogen and oxygen atoms in total. The molecule has 2 amide bonds. The number of nitrogens with zero attached hydrogens (tertiary/aromatic N) is 1. The Kier molecular flexibility index (Phi) is 4.86.